The monoisotopic (exact) mass is 472 g/mol. The lowest BCUT2D eigenvalue weighted by atomic mass is 9.85. The van der Waals surface area contributed by atoms with Gasteiger partial charge in [-0.15, -0.1) is 0 Å². The summed E-state index contributed by atoms with van der Waals surface area (Å²) in [5, 5.41) is 9.07. The average molecular weight is 473 g/mol. The van der Waals surface area contributed by atoms with Crippen LogP contribution in [0.1, 0.15) is 60.2 Å². The van der Waals surface area contributed by atoms with Crippen molar-refractivity contribution in [1.82, 2.24) is 9.88 Å². The number of ether oxygens (including phenoxy) is 1. The van der Waals surface area contributed by atoms with Crippen LogP contribution in [0.4, 0.5) is 13.2 Å². The number of likely N-dealkylation sites (tertiary alicyclic amines) is 1. The highest BCUT2D eigenvalue weighted by molar-refractivity contribution is 5.73. The molecule has 0 unspecified atom stereocenters. The third-order valence-electron chi connectivity index (χ3n) is 7.07. The van der Waals surface area contributed by atoms with Crippen LogP contribution in [0, 0.1) is 5.92 Å². The molecule has 3 aliphatic rings. The van der Waals surface area contributed by atoms with Gasteiger partial charge >= 0.3 is 12.1 Å². The Labute approximate surface area is 196 Å². The molecule has 2 aromatic rings. The van der Waals surface area contributed by atoms with E-state index in [-0.39, 0.29) is 24.1 Å². The number of pyridine rings is 1. The Morgan fingerprint density at radius 1 is 1.18 bits per heavy atom. The maximum Gasteiger partial charge on any atom is 0.418 e. The standard InChI is InChI=1S/C26H27F3N2O3/c1-15-18(11-31-12-19(13-31)25(32)33)5-4-17-10-21(7-8-22(15)17)34-14-20-6-9-23(26(27,28)29)24(30-20)16-2-3-16/h6-10,16,19H,2-5,11-14H2,1H3,(H,32,33). The molecule has 1 aromatic carbocycles. The first kappa shape index (κ1) is 22.9. The highest BCUT2D eigenvalue weighted by Gasteiger charge is 2.39. The molecular weight excluding hydrogens is 445 g/mol. The van der Waals surface area contributed by atoms with Crippen LogP contribution >= 0.6 is 0 Å². The van der Waals surface area contributed by atoms with E-state index in [1.165, 1.54) is 28.3 Å². The molecule has 2 aliphatic carbocycles. The van der Waals surface area contributed by atoms with Crippen molar-refractivity contribution in [2.24, 2.45) is 5.92 Å². The smallest absolute Gasteiger partial charge is 0.418 e. The van der Waals surface area contributed by atoms with Gasteiger partial charge in [0.15, 0.2) is 0 Å². The summed E-state index contributed by atoms with van der Waals surface area (Å²) in [6, 6.07) is 8.45. The van der Waals surface area contributed by atoms with E-state index in [0.29, 0.717) is 24.5 Å². The summed E-state index contributed by atoms with van der Waals surface area (Å²) in [7, 11) is 0. The first-order valence-electron chi connectivity index (χ1n) is 11.7. The molecular formula is C26H27F3N2O3. The zero-order valence-corrected chi connectivity index (χ0v) is 19.0. The molecule has 1 aromatic heterocycles. The second-order valence-electron chi connectivity index (χ2n) is 9.57. The largest absolute Gasteiger partial charge is 0.487 e. The summed E-state index contributed by atoms with van der Waals surface area (Å²) in [6.07, 6.45) is -1.10. The van der Waals surface area contributed by atoms with Crippen LogP contribution in [-0.2, 0) is 24.0 Å². The Morgan fingerprint density at radius 3 is 2.62 bits per heavy atom. The zero-order valence-electron chi connectivity index (χ0n) is 19.0. The van der Waals surface area contributed by atoms with Crippen LogP contribution in [0.2, 0.25) is 0 Å². The Bertz CT molecular complexity index is 1150. The van der Waals surface area contributed by atoms with Crippen molar-refractivity contribution in [3.63, 3.8) is 0 Å². The maximum atomic E-state index is 13.3. The predicted molar refractivity (Wildman–Crippen MR) is 120 cm³/mol. The molecule has 1 N–H and O–H groups in total. The van der Waals surface area contributed by atoms with Crippen LogP contribution in [0.25, 0.3) is 5.57 Å². The third kappa shape index (κ3) is 4.69. The second kappa shape index (κ2) is 8.73. The third-order valence-corrected chi connectivity index (χ3v) is 7.07. The van der Waals surface area contributed by atoms with Gasteiger partial charge in [-0.05, 0) is 73.6 Å². The van der Waals surface area contributed by atoms with Crippen molar-refractivity contribution in [2.75, 3.05) is 19.6 Å². The molecule has 2 fully saturated rings. The summed E-state index contributed by atoms with van der Waals surface area (Å²) in [5.41, 5.74) is 4.93. The van der Waals surface area contributed by atoms with Gasteiger partial charge in [-0.2, -0.15) is 13.2 Å². The first-order valence-corrected chi connectivity index (χ1v) is 11.7. The minimum Gasteiger partial charge on any atom is -0.487 e. The molecule has 1 saturated carbocycles. The van der Waals surface area contributed by atoms with Gasteiger partial charge < -0.3 is 9.84 Å². The number of aliphatic carboxylic acids is 1. The van der Waals surface area contributed by atoms with E-state index < -0.39 is 17.7 Å². The van der Waals surface area contributed by atoms with Crippen molar-refractivity contribution in [3.05, 3.63) is 64.0 Å². The number of hydrogen-bond acceptors (Lipinski definition) is 4. The van der Waals surface area contributed by atoms with Crippen LogP contribution in [0.3, 0.4) is 0 Å². The summed E-state index contributed by atoms with van der Waals surface area (Å²) in [4.78, 5) is 17.5. The van der Waals surface area contributed by atoms with Gasteiger partial charge in [-0.1, -0.05) is 11.6 Å². The van der Waals surface area contributed by atoms with E-state index in [0.717, 1.165) is 38.3 Å². The molecule has 180 valence electrons. The van der Waals surface area contributed by atoms with Gasteiger partial charge in [0.2, 0.25) is 0 Å². The van der Waals surface area contributed by atoms with Crippen LogP contribution in [0.5, 0.6) is 5.75 Å². The van der Waals surface area contributed by atoms with Gasteiger partial charge in [0.1, 0.15) is 12.4 Å². The number of halogens is 3. The maximum absolute atomic E-state index is 13.3. The van der Waals surface area contributed by atoms with Gasteiger partial charge in [0, 0.05) is 25.6 Å². The number of carboxylic acid groups (broad SMARTS) is 1. The molecule has 5 rings (SSSR count). The van der Waals surface area contributed by atoms with E-state index in [1.807, 2.05) is 18.2 Å². The van der Waals surface area contributed by atoms with E-state index in [4.69, 9.17) is 9.84 Å². The Balaban J connectivity index is 1.25. The van der Waals surface area contributed by atoms with E-state index in [1.54, 1.807) is 0 Å². The number of carboxylic acids is 1. The first-order chi connectivity index (χ1) is 16.2. The number of alkyl halides is 3. The van der Waals surface area contributed by atoms with Crippen LogP contribution < -0.4 is 4.74 Å². The number of benzene rings is 1. The average Bonchev–Trinajstić information content (AvgIpc) is 3.60. The quantitative estimate of drug-likeness (QED) is 0.593. The number of allylic oxidation sites excluding steroid dienone is 1. The lowest BCUT2D eigenvalue weighted by molar-refractivity contribution is -0.147. The minimum atomic E-state index is -4.39. The summed E-state index contributed by atoms with van der Waals surface area (Å²) < 4.78 is 45.7. The number of nitrogens with zero attached hydrogens (tertiary/aromatic N) is 2. The molecule has 8 heteroatoms. The summed E-state index contributed by atoms with van der Waals surface area (Å²) in [6.45, 7) is 4.24. The molecule has 1 saturated heterocycles. The van der Waals surface area contributed by atoms with E-state index in [2.05, 4.69) is 16.8 Å². The Morgan fingerprint density at radius 2 is 1.94 bits per heavy atom. The topological polar surface area (TPSA) is 62.7 Å². The highest BCUT2D eigenvalue weighted by atomic mass is 19.4. The lowest BCUT2D eigenvalue weighted by Gasteiger charge is -2.38. The molecule has 2 heterocycles. The summed E-state index contributed by atoms with van der Waals surface area (Å²) >= 11 is 0. The van der Waals surface area contributed by atoms with E-state index >= 15 is 0 Å². The van der Waals surface area contributed by atoms with Crippen molar-refractivity contribution >= 4 is 11.5 Å². The normalized spacial score (nSPS) is 19.1. The second-order valence-corrected chi connectivity index (χ2v) is 9.57. The van der Waals surface area contributed by atoms with Gasteiger partial charge in [-0.25, -0.2) is 0 Å². The van der Waals surface area contributed by atoms with Gasteiger partial charge in [-0.3, -0.25) is 14.7 Å². The number of aryl methyl sites for hydroxylation is 1. The molecule has 34 heavy (non-hydrogen) atoms. The number of carbonyl (C=O) groups is 1. The number of rotatable bonds is 7. The SMILES string of the molecule is CC1=C(CN2CC(C(=O)O)C2)CCc2cc(OCc3ccc(C(F)(F)F)c(C4CC4)n3)ccc21. The highest BCUT2D eigenvalue weighted by Crippen LogP contribution is 2.45. The zero-order chi connectivity index (χ0) is 24.0. The molecule has 0 bridgehead atoms. The van der Waals surface area contributed by atoms with Crippen molar-refractivity contribution in [3.8, 4) is 5.75 Å². The number of aromatic nitrogens is 1. The predicted octanol–water partition coefficient (Wildman–Crippen LogP) is 5.29. The van der Waals surface area contributed by atoms with Crippen LogP contribution in [-0.4, -0.2) is 40.6 Å². The molecule has 0 spiro atoms. The fourth-order valence-corrected chi connectivity index (χ4v) is 4.88. The van der Waals surface area contributed by atoms with Crippen molar-refractivity contribution in [1.29, 1.82) is 0 Å². The minimum absolute atomic E-state index is 0.101. The van der Waals surface area contributed by atoms with Gasteiger partial charge in [0.25, 0.3) is 0 Å². The van der Waals surface area contributed by atoms with Crippen molar-refractivity contribution < 1.29 is 27.8 Å². The Hall–Kier alpha value is -2.87. The fraction of sp³-hybridized carbons (Fsp3) is 0.462. The fourth-order valence-electron chi connectivity index (χ4n) is 4.88. The molecule has 1 aliphatic heterocycles. The summed E-state index contributed by atoms with van der Waals surface area (Å²) in [5.74, 6) is -0.401. The molecule has 0 atom stereocenters. The lowest BCUT2D eigenvalue weighted by Crippen LogP contribution is -2.50. The van der Waals surface area contributed by atoms with Gasteiger partial charge in [0.05, 0.1) is 22.9 Å². The van der Waals surface area contributed by atoms with E-state index in [9.17, 15) is 18.0 Å². The van der Waals surface area contributed by atoms with Crippen LogP contribution in [0.15, 0.2) is 35.9 Å². The number of fused-ring (bicyclic) bond motifs is 1. The number of hydrogen-bond donors (Lipinski definition) is 1. The Kier molecular flexibility index (Phi) is 5.88. The molecule has 5 nitrogen and oxygen atoms in total. The molecule has 0 radical (unpaired) electrons. The molecule has 0 amide bonds. The van der Waals surface area contributed by atoms with Crippen molar-refractivity contribution in [2.45, 2.75) is 51.3 Å².